The summed E-state index contributed by atoms with van der Waals surface area (Å²) in [6, 6.07) is 7.44. The minimum absolute atomic E-state index is 0.234. The highest BCUT2D eigenvalue weighted by atomic mass is 19.1. The number of aromatic nitrogens is 4. The van der Waals surface area contributed by atoms with Crippen LogP contribution >= 0.6 is 0 Å². The molecule has 3 aromatic heterocycles. The van der Waals surface area contributed by atoms with Crippen molar-refractivity contribution in [2.24, 2.45) is 0 Å². The van der Waals surface area contributed by atoms with Gasteiger partial charge in [-0.1, -0.05) is 12.1 Å². The zero-order chi connectivity index (χ0) is 19.8. The first-order valence-electron chi connectivity index (χ1n) is 9.80. The van der Waals surface area contributed by atoms with Gasteiger partial charge in [-0.05, 0) is 38.1 Å². The molecule has 0 spiro atoms. The van der Waals surface area contributed by atoms with E-state index < -0.39 is 0 Å². The minimum atomic E-state index is -0.383. The van der Waals surface area contributed by atoms with Crippen molar-refractivity contribution in [2.75, 3.05) is 20.2 Å². The van der Waals surface area contributed by atoms with Crippen molar-refractivity contribution < 1.29 is 9.13 Å². The molecule has 1 fully saturated rings. The Hall–Kier alpha value is -3.19. The number of piperidine rings is 1. The number of fused-ring (bicyclic) bond motifs is 1. The average molecular weight is 391 g/mol. The predicted molar refractivity (Wildman–Crippen MR) is 110 cm³/mol. The maximum atomic E-state index is 14.2. The normalized spacial score (nSPS) is 15.1. The summed E-state index contributed by atoms with van der Waals surface area (Å²) in [4.78, 5) is 7.74. The number of H-pyrrole nitrogens is 1. The monoisotopic (exact) mass is 391 g/mol. The fraction of sp³-hybridized carbons (Fsp3) is 0.273. The molecule has 0 bridgehead atoms. The molecule has 0 atom stereocenters. The van der Waals surface area contributed by atoms with Crippen molar-refractivity contribution in [1.29, 1.82) is 0 Å². The summed E-state index contributed by atoms with van der Waals surface area (Å²) < 4.78 is 21.6. The molecular weight excluding hydrogens is 369 g/mol. The van der Waals surface area contributed by atoms with Gasteiger partial charge < -0.3 is 15.0 Å². The second-order valence-electron chi connectivity index (χ2n) is 7.33. The molecule has 0 radical (unpaired) electrons. The van der Waals surface area contributed by atoms with Crippen LogP contribution in [0, 0.1) is 5.82 Å². The first-order valence-corrected chi connectivity index (χ1v) is 9.80. The molecular formula is C22H22FN5O. The molecule has 148 valence electrons. The lowest BCUT2D eigenvalue weighted by molar-refractivity contribution is 0.343. The molecule has 1 aromatic carbocycles. The number of benzene rings is 1. The Morgan fingerprint density at radius 1 is 1.14 bits per heavy atom. The van der Waals surface area contributed by atoms with Gasteiger partial charge in [0.15, 0.2) is 11.6 Å². The van der Waals surface area contributed by atoms with Gasteiger partial charge in [0.25, 0.3) is 0 Å². The number of hydrogen-bond acceptors (Lipinski definition) is 4. The molecule has 0 saturated carbocycles. The summed E-state index contributed by atoms with van der Waals surface area (Å²) in [6.07, 6.45) is 9.83. The number of nitrogens with zero attached hydrogens (tertiary/aromatic N) is 3. The van der Waals surface area contributed by atoms with Gasteiger partial charge in [0, 0.05) is 46.2 Å². The zero-order valence-corrected chi connectivity index (χ0v) is 16.2. The second-order valence-corrected chi connectivity index (χ2v) is 7.33. The van der Waals surface area contributed by atoms with E-state index in [1.54, 1.807) is 6.07 Å². The predicted octanol–water partition coefficient (Wildman–Crippen LogP) is 4.17. The number of pyridine rings is 1. The Bertz CT molecular complexity index is 1160. The van der Waals surface area contributed by atoms with E-state index in [0.717, 1.165) is 53.7 Å². The highest BCUT2D eigenvalue weighted by Crippen LogP contribution is 2.37. The Kier molecular flexibility index (Phi) is 4.52. The summed E-state index contributed by atoms with van der Waals surface area (Å²) in [6.45, 7) is 2.05. The third kappa shape index (κ3) is 3.17. The molecule has 5 rings (SSSR count). The third-order valence-corrected chi connectivity index (χ3v) is 5.61. The SMILES string of the molecule is COc1c(F)cccc1-c1c[nH]c2ncc(-c3cnn(C4CCNCC4)c3)cc12. The van der Waals surface area contributed by atoms with E-state index in [0.29, 0.717) is 11.6 Å². The van der Waals surface area contributed by atoms with E-state index >= 15 is 0 Å². The largest absolute Gasteiger partial charge is 0.493 e. The second kappa shape index (κ2) is 7.33. The molecule has 4 aromatic rings. The van der Waals surface area contributed by atoms with Crippen LogP contribution in [0.1, 0.15) is 18.9 Å². The summed E-state index contributed by atoms with van der Waals surface area (Å²) in [5.41, 5.74) is 4.31. The number of ether oxygens (including phenoxy) is 1. The van der Waals surface area contributed by atoms with Crippen LogP contribution in [-0.4, -0.2) is 39.9 Å². The molecule has 2 N–H and O–H groups in total. The Balaban J connectivity index is 1.55. The average Bonchev–Trinajstić information content (AvgIpc) is 3.41. The molecule has 7 heteroatoms. The third-order valence-electron chi connectivity index (χ3n) is 5.61. The van der Waals surface area contributed by atoms with Crippen LogP contribution in [0.3, 0.4) is 0 Å². The van der Waals surface area contributed by atoms with Crippen molar-refractivity contribution in [3.05, 3.63) is 54.9 Å². The van der Waals surface area contributed by atoms with Crippen LogP contribution in [0.4, 0.5) is 4.39 Å². The number of hydrogen-bond donors (Lipinski definition) is 2. The Morgan fingerprint density at radius 2 is 2.00 bits per heavy atom. The number of rotatable bonds is 4. The van der Waals surface area contributed by atoms with Gasteiger partial charge in [-0.25, -0.2) is 9.37 Å². The zero-order valence-electron chi connectivity index (χ0n) is 16.2. The smallest absolute Gasteiger partial charge is 0.165 e. The Labute approximate surface area is 167 Å². The van der Waals surface area contributed by atoms with E-state index in [1.165, 1.54) is 13.2 Å². The minimum Gasteiger partial charge on any atom is -0.493 e. The number of para-hydroxylation sites is 1. The van der Waals surface area contributed by atoms with Crippen molar-refractivity contribution >= 4 is 11.0 Å². The van der Waals surface area contributed by atoms with Gasteiger partial charge >= 0.3 is 0 Å². The molecule has 29 heavy (non-hydrogen) atoms. The van der Waals surface area contributed by atoms with Gasteiger partial charge in [0.2, 0.25) is 0 Å². The van der Waals surface area contributed by atoms with Gasteiger partial charge in [-0.15, -0.1) is 0 Å². The molecule has 4 heterocycles. The summed E-state index contributed by atoms with van der Waals surface area (Å²) in [5.74, 6) is -0.149. The van der Waals surface area contributed by atoms with Crippen molar-refractivity contribution in [1.82, 2.24) is 25.1 Å². The molecule has 0 aliphatic carbocycles. The van der Waals surface area contributed by atoms with Gasteiger partial charge in [0.1, 0.15) is 5.65 Å². The maximum Gasteiger partial charge on any atom is 0.165 e. The maximum absolute atomic E-state index is 14.2. The van der Waals surface area contributed by atoms with E-state index in [2.05, 4.69) is 37.3 Å². The highest BCUT2D eigenvalue weighted by Gasteiger charge is 2.18. The van der Waals surface area contributed by atoms with E-state index in [9.17, 15) is 4.39 Å². The number of methoxy groups -OCH3 is 1. The quantitative estimate of drug-likeness (QED) is 0.548. The first kappa shape index (κ1) is 17.9. The summed E-state index contributed by atoms with van der Waals surface area (Å²) in [5, 5.41) is 8.89. The molecule has 1 aliphatic rings. The van der Waals surface area contributed by atoms with Gasteiger partial charge in [-0.2, -0.15) is 5.10 Å². The number of halogens is 1. The van der Waals surface area contributed by atoms with E-state index in [-0.39, 0.29) is 11.6 Å². The van der Waals surface area contributed by atoms with Crippen LogP contribution < -0.4 is 10.1 Å². The molecule has 0 unspecified atom stereocenters. The molecule has 1 aliphatic heterocycles. The summed E-state index contributed by atoms with van der Waals surface area (Å²) in [7, 11) is 1.48. The van der Waals surface area contributed by atoms with E-state index in [1.807, 2.05) is 24.7 Å². The Morgan fingerprint density at radius 3 is 2.83 bits per heavy atom. The standard InChI is InChI=1S/C22H22FN5O/c1-29-21-17(3-2-4-20(21)23)19-12-26-22-18(19)9-14(10-25-22)15-11-27-28(13-15)16-5-7-24-8-6-16/h2-4,9-13,16,24H,5-8H2,1H3,(H,25,26). The molecule has 0 amide bonds. The van der Waals surface area contributed by atoms with Crippen molar-refractivity contribution in [3.63, 3.8) is 0 Å². The van der Waals surface area contributed by atoms with Crippen LogP contribution in [-0.2, 0) is 0 Å². The van der Waals surface area contributed by atoms with Crippen LogP contribution in [0.5, 0.6) is 5.75 Å². The molecule has 6 nitrogen and oxygen atoms in total. The van der Waals surface area contributed by atoms with Crippen molar-refractivity contribution in [2.45, 2.75) is 18.9 Å². The van der Waals surface area contributed by atoms with Gasteiger partial charge in [0.05, 0.1) is 19.3 Å². The number of aromatic amines is 1. The first-order chi connectivity index (χ1) is 14.2. The lowest BCUT2D eigenvalue weighted by Gasteiger charge is -2.22. The number of nitrogens with one attached hydrogen (secondary N) is 2. The lowest BCUT2D eigenvalue weighted by atomic mass is 10.0. The topological polar surface area (TPSA) is 67.8 Å². The van der Waals surface area contributed by atoms with Crippen LogP contribution in [0.2, 0.25) is 0 Å². The fourth-order valence-corrected chi connectivity index (χ4v) is 4.07. The lowest BCUT2D eigenvalue weighted by Crippen LogP contribution is -2.29. The summed E-state index contributed by atoms with van der Waals surface area (Å²) >= 11 is 0. The highest BCUT2D eigenvalue weighted by molar-refractivity contribution is 5.97. The van der Waals surface area contributed by atoms with Crippen LogP contribution in [0.15, 0.2) is 49.1 Å². The van der Waals surface area contributed by atoms with Crippen LogP contribution in [0.25, 0.3) is 33.3 Å². The van der Waals surface area contributed by atoms with Crippen molar-refractivity contribution in [3.8, 4) is 28.0 Å². The van der Waals surface area contributed by atoms with E-state index in [4.69, 9.17) is 4.74 Å². The molecule has 1 saturated heterocycles. The van der Waals surface area contributed by atoms with Gasteiger partial charge in [-0.3, -0.25) is 4.68 Å². The fourth-order valence-electron chi connectivity index (χ4n) is 4.07.